The fourth-order valence-corrected chi connectivity index (χ4v) is 2.57. The highest BCUT2D eigenvalue weighted by Crippen LogP contribution is 2.19. The SMILES string of the molecule is COC(=O)c1ccc(Nc2cc(C(=O)Nc3ccc(OC)cc3)nc(C)n2)cc1. The third kappa shape index (κ3) is 5.07. The summed E-state index contributed by atoms with van der Waals surface area (Å²) in [6.07, 6.45) is 0. The second-order valence-corrected chi connectivity index (χ2v) is 6.06. The van der Waals surface area contributed by atoms with Crippen LogP contribution in [0.5, 0.6) is 5.75 Å². The maximum absolute atomic E-state index is 12.6. The molecule has 8 heteroatoms. The molecule has 148 valence electrons. The zero-order valence-electron chi connectivity index (χ0n) is 16.2. The van der Waals surface area contributed by atoms with Crippen LogP contribution in [-0.4, -0.2) is 36.1 Å². The molecular formula is C21H20N4O4. The molecule has 2 aromatic carbocycles. The molecule has 0 fully saturated rings. The van der Waals surface area contributed by atoms with Crippen LogP contribution in [0.3, 0.4) is 0 Å². The standard InChI is InChI=1S/C21H20N4O4/c1-13-22-18(20(26)25-16-8-10-17(28-2)11-9-16)12-19(23-13)24-15-6-4-14(5-7-15)21(27)29-3/h4-12H,1-3H3,(H,25,26)(H,22,23,24). The van der Waals surface area contributed by atoms with Crippen LogP contribution < -0.4 is 15.4 Å². The first-order valence-electron chi connectivity index (χ1n) is 8.75. The number of hydrogen-bond donors (Lipinski definition) is 2. The molecule has 0 saturated heterocycles. The number of nitrogens with zero attached hydrogens (tertiary/aromatic N) is 2. The Hall–Kier alpha value is -3.94. The Morgan fingerprint density at radius 2 is 1.55 bits per heavy atom. The van der Waals surface area contributed by atoms with Crippen molar-refractivity contribution in [2.24, 2.45) is 0 Å². The van der Waals surface area contributed by atoms with Gasteiger partial charge in [0.25, 0.3) is 5.91 Å². The predicted molar refractivity (Wildman–Crippen MR) is 109 cm³/mol. The second-order valence-electron chi connectivity index (χ2n) is 6.06. The average Bonchev–Trinajstić information content (AvgIpc) is 2.74. The number of rotatable bonds is 6. The van der Waals surface area contributed by atoms with E-state index in [9.17, 15) is 9.59 Å². The van der Waals surface area contributed by atoms with Crippen LogP contribution in [0.2, 0.25) is 0 Å². The fraction of sp³-hybridized carbons (Fsp3) is 0.143. The second kappa shape index (κ2) is 8.83. The molecule has 0 atom stereocenters. The van der Waals surface area contributed by atoms with E-state index < -0.39 is 5.97 Å². The van der Waals surface area contributed by atoms with Crippen molar-refractivity contribution in [2.45, 2.75) is 6.92 Å². The van der Waals surface area contributed by atoms with Crippen LogP contribution in [0.15, 0.2) is 54.6 Å². The maximum Gasteiger partial charge on any atom is 0.337 e. The molecule has 0 aliphatic rings. The lowest BCUT2D eigenvalue weighted by molar-refractivity contribution is 0.0600. The maximum atomic E-state index is 12.6. The van der Waals surface area contributed by atoms with Crippen molar-refractivity contribution in [3.63, 3.8) is 0 Å². The molecule has 8 nitrogen and oxygen atoms in total. The molecule has 0 saturated carbocycles. The molecule has 3 rings (SSSR count). The van der Waals surface area contributed by atoms with Crippen LogP contribution in [-0.2, 0) is 4.74 Å². The van der Waals surface area contributed by atoms with Gasteiger partial charge in [-0.05, 0) is 55.5 Å². The number of hydrogen-bond acceptors (Lipinski definition) is 7. The van der Waals surface area contributed by atoms with Crippen molar-refractivity contribution >= 4 is 29.1 Å². The first-order valence-corrected chi connectivity index (χ1v) is 8.75. The van der Waals surface area contributed by atoms with Crippen LogP contribution in [0.1, 0.15) is 26.7 Å². The summed E-state index contributed by atoms with van der Waals surface area (Å²) in [7, 11) is 2.91. The zero-order valence-corrected chi connectivity index (χ0v) is 16.2. The lowest BCUT2D eigenvalue weighted by atomic mass is 10.2. The third-order valence-electron chi connectivity index (χ3n) is 4.00. The highest BCUT2D eigenvalue weighted by Gasteiger charge is 2.12. The Morgan fingerprint density at radius 1 is 0.897 bits per heavy atom. The first kappa shape index (κ1) is 19.8. The van der Waals surface area contributed by atoms with Gasteiger partial charge in [0.2, 0.25) is 0 Å². The van der Waals surface area contributed by atoms with Gasteiger partial charge in [0.1, 0.15) is 23.1 Å². The number of carbonyl (C=O) groups is 2. The summed E-state index contributed by atoms with van der Waals surface area (Å²) in [5.41, 5.74) is 2.00. The summed E-state index contributed by atoms with van der Waals surface area (Å²) < 4.78 is 9.79. The summed E-state index contributed by atoms with van der Waals surface area (Å²) in [6.45, 7) is 1.70. The number of methoxy groups -OCH3 is 2. The quantitative estimate of drug-likeness (QED) is 0.618. The average molecular weight is 392 g/mol. The molecule has 1 amide bonds. The molecule has 0 aliphatic carbocycles. The van der Waals surface area contributed by atoms with E-state index in [4.69, 9.17) is 4.74 Å². The van der Waals surface area contributed by atoms with Gasteiger partial charge in [-0.3, -0.25) is 4.79 Å². The van der Waals surface area contributed by atoms with Gasteiger partial charge < -0.3 is 20.1 Å². The third-order valence-corrected chi connectivity index (χ3v) is 4.00. The summed E-state index contributed by atoms with van der Waals surface area (Å²) in [5, 5.41) is 5.89. The van der Waals surface area contributed by atoms with Gasteiger partial charge in [0.05, 0.1) is 19.8 Å². The molecule has 0 bridgehead atoms. The number of carbonyl (C=O) groups excluding carboxylic acids is 2. The number of benzene rings is 2. The van der Waals surface area contributed by atoms with Crippen LogP contribution in [0.4, 0.5) is 17.2 Å². The number of anilines is 3. The molecule has 1 aromatic heterocycles. The zero-order chi connectivity index (χ0) is 20.8. The van der Waals surface area contributed by atoms with E-state index in [0.717, 1.165) is 0 Å². The molecule has 3 aromatic rings. The fourth-order valence-electron chi connectivity index (χ4n) is 2.57. The minimum absolute atomic E-state index is 0.224. The molecule has 0 aliphatic heterocycles. The Morgan fingerprint density at radius 3 is 2.17 bits per heavy atom. The van der Waals surface area contributed by atoms with E-state index in [0.29, 0.717) is 34.3 Å². The highest BCUT2D eigenvalue weighted by molar-refractivity contribution is 6.03. The number of amides is 1. The molecule has 1 heterocycles. The van der Waals surface area contributed by atoms with Gasteiger partial charge in [-0.15, -0.1) is 0 Å². The van der Waals surface area contributed by atoms with Gasteiger partial charge in [-0.2, -0.15) is 0 Å². The predicted octanol–water partition coefficient (Wildman–Crippen LogP) is 3.58. The van der Waals surface area contributed by atoms with Crippen LogP contribution >= 0.6 is 0 Å². The minimum atomic E-state index is -0.410. The van der Waals surface area contributed by atoms with Crippen LogP contribution in [0, 0.1) is 6.92 Å². The summed E-state index contributed by atoms with van der Waals surface area (Å²) in [5.74, 6) is 0.839. The molecule has 0 unspecified atom stereocenters. The van der Waals surface area contributed by atoms with Crippen molar-refractivity contribution in [1.29, 1.82) is 0 Å². The number of aromatic nitrogens is 2. The van der Waals surface area contributed by atoms with Crippen molar-refractivity contribution in [3.8, 4) is 5.75 Å². The summed E-state index contributed by atoms with van der Waals surface area (Å²) in [6, 6.07) is 15.3. The molecular weight excluding hydrogens is 372 g/mol. The van der Waals surface area contributed by atoms with Gasteiger partial charge >= 0.3 is 5.97 Å². The van der Waals surface area contributed by atoms with Crippen LogP contribution in [0.25, 0.3) is 0 Å². The van der Waals surface area contributed by atoms with E-state index in [1.54, 1.807) is 68.6 Å². The number of ether oxygens (including phenoxy) is 2. The summed E-state index contributed by atoms with van der Waals surface area (Å²) >= 11 is 0. The Labute approximate surface area is 167 Å². The highest BCUT2D eigenvalue weighted by atomic mass is 16.5. The van der Waals surface area contributed by atoms with E-state index in [1.807, 2.05) is 0 Å². The van der Waals surface area contributed by atoms with Gasteiger partial charge in [-0.25, -0.2) is 14.8 Å². The number of esters is 1. The molecule has 2 N–H and O–H groups in total. The lowest BCUT2D eigenvalue weighted by Gasteiger charge is -2.10. The number of aryl methyl sites for hydroxylation is 1. The monoisotopic (exact) mass is 392 g/mol. The van der Waals surface area contributed by atoms with Crippen molar-refractivity contribution in [2.75, 3.05) is 24.9 Å². The molecule has 0 radical (unpaired) electrons. The topological polar surface area (TPSA) is 102 Å². The van der Waals surface area contributed by atoms with Crippen molar-refractivity contribution in [3.05, 3.63) is 71.7 Å². The van der Waals surface area contributed by atoms with Gasteiger partial charge in [-0.1, -0.05) is 0 Å². The smallest absolute Gasteiger partial charge is 0.337 e. The number of nitrogens with one attached hydrogen (secondary N) is 2. The van der Waals surface area contributed by atoms with Crippen molar-refractivity contribution in [1.82, 2.24) is 9.97 Å². The van der Waals surface area contributed by atoms with E-state index in [-0.39, 0.29) is 11.6 Å². The Balaban J connectivity index is 1.74. The Bertz CT molecular complexity index is 1020. The van der Waals surface area contributed by atoms with E-state index >= 15 is 0 Å². The summed E-state index contributed by atoms with van der Waals surface area (Å²) in [4.78, 5) is 32.6. The molecule has 29 heavy (non-hydrogen) atoms. The van der Waals surface area contributed by atoms with Crippen molar-refractivity contribution < 1.29 is 19.1 Å². The van der Waals surface area contributed by atoms with E-state index in [1.165, 1.54) is 7.11 Å². The van der Waals surface area contributed by atoms with E-state index in [2.05, 4.69) is 25.3 Å². The normalized spacial score (nSPS) is 10.2. The van der Waals surface area contributed by atoms with Gasteiger partial charge in [0, 0.05) is 17.4 Å². The first-order chi connectivity index (χ1) is 14.0. The largest absolute Gasteiger partial charge is 0.497 e. The minimum Gasteiger partial charge on any atom is -0.497 e. The van der Waals surface area contributed by atoms with Gasteiger partial charge in [0.15, 0.2) is 0 Å². The Kier molecular flexibility index (Phi) is 6.03. The molecule has 0 spiro atoms. The lowest BCUT2D eigenvalue weighted by Crippen LogP contribution is -2.15.